The lowest BCUT2D eigenvalue weighted by Crippen LogP contribution is -2.29. The van der Waals surface area contributed by atoms with Gasteiger partial charge in [0.25, 0.3) is 5.91 Å². The van der Waals surface area contributed by atoms with Crippen molar-refractivity contribution in [3.63, 3.8) is 0 Å². The van der Waals surface area contributed by atoms with Gasteiger partial charge in [0.1, 0.15) is 6.10 Å². The van der Waals surface area contributed by atoms with Crippen LogP contribution in [-0.4, -0.2) is 36.3 Å². The fraction of sp³-hybridized carbons (Fsp3) is 0.385. The Kier molecular flexibility index (Phi) is 4.19. The second kappa shape index (κ2) is 5.87. The van der Waals surface area contributed by atoms with Crippen LogP contribution in [0.4, 0.5) is 10.1 Å². The van der Waals surface area contributed by atoms with Crippen LogP contribution in [0.25, 0.3) is 0 Å². The molecule has 6 nitrogen and oxygen atoms in total. The number of nitrogens with one attached hydrogen (secondary N) is 1. The number of benzene rings is 1. The summed E-state index contributed by atoms with van der Waals surface area (Å²) in [6.45, 7) is 0. The Morgan fingerprint density at radius 1 is 1.40 bits per heavy atom. The van der Waals surface area contributed by atoms with Crippen LogP contribution >= 0.6 is 0 Å². The summed E-state index contributed by atoms with van der Waals surface area (Å²) in [6, 6.07) is 3.90. The minimum atomic E-state index is -1.08. The van der Waals surface area contributed by atoms with E-state index in [0.717, 1.165) is 0 Å². The predicted octanol–water partition coefficient (Wildman–Crippen LogP) is 1.40. The van der Waals surface area contributed by atoms with Crippen molar-refractivity contribution < 1.29 is 28.6 Å². The van der Waals surface area contributed by atoms with Gasteiger partial charge in [-0.1, -0.05) is 0 Å². The van der Waals surface area contributed by atoms with Crippen molar-refractivity contribution in [3.05, 3.63) is 24.0 Å². The van der Waals surface area contributed by atoms with E-state index in [0.29, 0.717) is 18.5 Å². The van der Waals surface area contributed by atoms with Crippen molar-refractivity contribution in [2.24, 2.45) is 0 Å². The average molecular weight is 283 g/mol. The molecule has 1 aliphatic rings. The molecule has 20 heavy (non-hydrogen) atoms. The van der Waals surface area contributed by atoms with E-state index in [2.05, 4.69) is 5.32 Å². The molecule has 0 aliphatic carbocycles. The molecule has 2 N–H and O–H groups in total. The van der Waals surface area contributed by atoms with Gasteiger partial charge in [-0.25, -0.2) is 9.18 Å². The lowest BCUT2D eigenvalue weighted by atomic mass is 10.2. The Balaban J connectivity index is 2.00. The van der Waals surface area contributed by atoms with Crippen LogP contribution in [0.5, 0.6) is 5.75 Å². The van der Waals surface area contributed by atoms with Crippen LogP contribution in [0, 0.1) is 5.82 Å². The van der Waals surface area contributed by atoms with Gasteiger partial charge in [-0.2, -0.15) is 0 Å². The first-order valence-electron chi connectivity index (χ1n) is 6.04. The molecule has 0 saturated carbocycles. The van der Waals surface area contributed by atoms with E-state index < -0.39 is 29.9 Å². The van der Waals surface area contributed by atoms with Crippen LogP contribution in [0.3, 0.4) is 0 Å². The fourth-order valence-electron chi connectivity index (χ4n) is 1.97. The maximum Gasteiger partial charge on any atom is 0.332 e. The van der Waals surface area contributed by atoms with Crippen molar-refractivity contribution in [2.45, 2.75) is 25.0 Å². The van der Waals surface area contributed by atoms with Crippen molar-refractivity contribution in [1.82, 2.24) is 0 Å². The number of hydrogen-bond acceptors (Lipinski definition) is 4. The molecule has 0 spiro atoms. The fourth-order valence-corrected chi connectivity index (χ4v) is 1.97. The summed E-state index contributed by atoms with van der Waals surface area (Å²) in [5.41, 5.74) is 0.357. The monoisotopic (exact) mass is 283 g/mol. The zero-order chi connectivity index (χ0) is 14.7. The summed E-state index contributed by atoms with van der Waals surface area (Å²) >= 11 is 0. The lowest BCUT2D eigenvalue weighted by molar-refractivity contribution is -0.150. The van der Waals surface area contributed by atoms with E-state index in [1.54, 1.807) is 0 Å². The van der Waals surface area contributed by atoms with Gasteiger partial charge in [0, 0.05) is 11.8 Å². The summed E-state index contributed by atoms with van der Waals surface area (Å²) < 4.78 is 23.1. The number of rotatable bonds is 4. The van der Waals surface area contributed by atoms with E-state index in [9.17, 15) is 14.0 Å². The highest BCUT2D eigenvalue weighted by atomic mass is 19.1. The topological polar surface area (TPSA) is 84.9 Å². The minimum Gasteiger partial charge on any atom is -0.494 e. The molecular formula is C13H14FNO5. The van der Waals surface area contributed by atoms with Gasteiger partial charge >= 0.3 is 5.97 Å². The van der Waals surface area contributed by atoms with Gasteiger partial charge in [-0.3, -0.25) is 4.79 Å². The van der Waals surface area contributed by atoms with Gasteiger partial charge in [0.15, 0.2) is 17.7 Å². The number of carbonyl (C=O) groups excluding carboxylic acids is 1. The van der Waals surface area contributed by atoms with E-state index in [4.69, 9.17) is 14.6 Å². The summed E-state index contributed by atoms with van der Waals surface area (Å²) in [5.74, 6) is -2.06. The Morgan fingerprint density at radius 2 is 2.10 bits per heavy atom. The molecule has 1 fully saturated rings. The highest BCUT2D eigenvalue weighted by molar-refractivity contribution is 5.94. The molecule has 1 saturated heterocycles. The molecule has 0 radical (unpaired) electrons. The number of carbonyl (C=O) groups is 2. The third-order valence-corrected chi connectivity index (χ3v) is 3.01. The summed E-state index contributed by atoms with van der Waals surface area (Å²) in [5, 5.41) is 11.3. The molecule has 1 aromatic carbocycles. The Labute approximate surface area is 114 Å². The molecule has 0 bridgehead atoms. The number of hydrogen-bond donors (Lipinski definition) is 2. The molecule has 7 heteroatoms. The van der Waals surface area contributed by atoms with Gasteiger partial charge < -0.3 is 19.9 Å². The first kappa shape index (κ1) is 14.3. The highest BCUT2D eigenvalue weighted by Gasteiger charge is 2.34. The summed E-state index contributed by atoms with van der Waals surface area (Å²) in [4.78, 5) is 22.6. The Hall–Kier alpha value is -2.15. The number of ether oxygens (including phenoxy) is 2. The van der Waals surface area contributed by atoms with Gasteiger partial charge in [0.2, 0.25) is 0 Å². The minimum absolute atomic E-state index is 0.0125. The SMILES string of the molecule is COc1cc(NC(=O)C2CCC(C(=O)O)O2)ccc1F. The zero-order valence-electron chi connectivity index (χ0n) is 10.8. The first-order valence-corrected chi connectivity index (χ1v) is 6.04. The summed E-state index contributed by atoms with van der Waals surface area (Å²) in [6.07, 6.45) is -1.14. The van der Waals surface area contributed by atoms with E-state index >= 15 is 0 Å². The third kappa shape index (κ3) is 3.05. The Morgan fingerprint density at radius 3 is 2.70 bits per heavy atom. The maximum absolute atomic E-state index is 13.2. The molecule has 1 aromatic rings. The summed E-state index contributed by atoms with van der Waals surface area (Å²) in [7, 11) is 1.32. The van der Waals surface area contributed by atoms with Crippen molar-refractivity contribution in [3.8, 4) is 5.75 Å². The van der Waals surface area contributed by atoms with Crippen molar-refractivity contribution in [1.29, 1.82) is 0 Å². The molecule has 2 rings (SSSR count). The molecule has 1 heterocycles. The van der Waals surface area contributed by atoms with Crippen LogP contribution in [0.1, 0.15) is 12.8 Å². The predicted molar refractivity (Wildman–Crippen MR) is 67.1 cm³/mol. The van der Waals surface area contributed by atoms with Gasteiger partial charge in [0.05, 0.1) is 7.11 Å². The molecule has 0 aromatic heterocycles. The molecule has 1 amide bonds. The maximum atomic E-state index is 13.2. The number of halogens is 1. The molecular weight excluding hydrogens is 269 g/mol. The molecule has 108 valence electrons. The number of carboxylic acid groups (broad SMARTS) is 1. The van der Waals surface area contributed by atoms with Crippen LogP contribution in [0.15, 0.2) is 18.2 Å². The second-order valence-corrected chi connectivity index (χ2v) is 4.37. The number of aliphatic carboxylic acids is 1. The number of methoxy groups -OCH3 is 1. The zero-order valence-corrected chi connectivity index (χ0v) is 10.8. The van der Waals surface area contributed by atoms with Crippen molar-refractivity contribution >= 4 is 17.6 Å². The van der Waals surface area contributed by atoms with E-state index in [1.165, 1.54) is 25.3 Å². The Bertz CT molecular complexity index is 533. The number of carboxylic acids is 1. The standard InChI is InChI=1S/C13H14FNO5/c1-19-11-6-7(2-3-8(11)14)15-12(16)9-4-5-10(20-9)13(17)18/h2-3,6,9-10H,4-5H2,1H3,(H,15,16)(H,17,18). The number of anilines is 1. The smallest absolute Gasteiger partial charge is 0.332 e. The van der Waals surface area contributed by atoms with Crippen LogP contribution in [-0.2, 0) is 14.3 Å². The molecule has 2 unspecified atom stereocenters. The van der Waals surface area contributed by atoms with Crippen molar-refractivity contribution in [2.75, 3.05) is 12.4 Å². The van der Waals surface area contributed by atoms with E-state index in [1.807, 2.05) is 0 Å². The molecule has 2 atom stereocenters. The third-order valence-electron chi connectivity index (χ3n) is 3.01. The van der Waals surface area contributed by atoms with Gasteiger partial charge in [-0.05, 0) is 25.0 Å². The van der Waals surface area contributed by atoms with E-state index in [-0.39, 0.29) is 5.75 Å². The lowest BCUT2D eigenvalue weighted by Gasteiger charge is -2.12. The number of amides is 1. The largest absolute Gasteiger partial charge is 0.494 e. The van der Waals surface area contributed by atoms with Crippen LogP contribution in [0.2, 0.25) is 0 Å². The quantitative estimate of drug-likeness (QED) is 0.872. The first-order chi connectivity index (χ1) is 9.51. The molecule has 1 aliphatic heterocycles. The normalized spacial score (nSPS) is 21.5. The highest BCUT2D eigenvalue weighted by Crippen LogP contribution is 2.24. The second-order valence-electron chi connectivity index (χ2n) is 4.37. The van der Waals surface area contributed by atoms with Crippen LogP contribution < -0.4 is 10.1 Å². The average Bonchev–Trinajstić information content (AvgIpc) is 2.91. The van der Waals surface area contributed by atoms with Gasteiger partial charge in [-0.15, -0.1) is 0 Å².